The molecular formula is C17H12ClF2N3O2S. The Morgan fingerprint density at radius 3 is 2.81 bits per heavy atom. The Bertz CT molecular complexity index is 906. The maximum absolute atomic E-state index is 13.3. The van der Waals surface area contributed by atoms with Crippen LogP contribution in [0.3, 0.4) is 0 Å². The predicted octanol–water partition coefficient (Wildman–Crippen LogP) is 3.75. The molecule has 0 radical (unpaired) electrons. The van der Waals surface area contributed by atoms with Gasteiger partial charge in [-0.3, -0.25) is 4.79 Å². The molecule has 0 unspecified atom stereocenters. The number of hydrogen-bond donors (Lipinski definition) is 1. The molecule has 134 valence electrons. The Balaban J connectivity index is 1.73. The largest absolute Gasteiger partial charge is 0.488 e. The molecule has 0 atom stereocenters. The molecule has 0 saturated carbocycles. The van der Waals surface area contributed by atoms with Gasteiger partial charge in [-0.05, 0) is 35.9 Å². The fourth-order valence-corrected chi connectivity index (χ4v) is 2.88. The molecule has 9 heteroatoms. The topological polar surface area (TPSA) is 63.0 Å². The number of thioether (sulfide) groups is 1. The van der Waals surface area contributed by atoms with Crippen LogP contribution in [0.2, 0.25) is 5.02 Å². The summed E-state index contributed by atoms with van der Waals surface area (Å²) in [6, 6.07) is 8.47. The molecule has 2 aromatic rings. The van der Waals surface area contributed by atoms with Crippen LogP contribution < -0.4 is 10.1 Å². The molecule has 3 rings (SSSR count). The number of amides is 1. The number of carbonyl (C=O) groups is 1. The quantitative estimate of drug-likeness (QED) is 0.619. The second kappa shape index (κ2) is 8.29. The maximum atomic E-state index is 13.3. The lowest BCUT2D eigenvalue weighted by atomic mass is 10.2. The van der Waals surface area contributed by atoms with Crippen LogP contribution in [0.1, 0.15) is 11.1 Å². The van der Waals surface area contributed by atoms with Crippen LogP contribution in [-0.4, -0.2) is 23.0 Å². The van der Waals surface area contributed by atoms with Crippen molar-refractivity contribution < 1.29 is 18.3 Å². The molecule has 5 nitrogen and oxygen atoms in total. The highest BCUT2D eigenvalue weighted by Crippen LogP contribution is 2.23. The lowest BCUT2D eigenvalue weighted by Gasteiger charge is -2.09. The van der Waals surface area contributed by atoms with Crippen LogP contribution in [0.4, 0.5) is 8.78 Å². The van der Waals surface area contributed by atoms with E-state index >= 15 is 0 Å². The van der Waals surface area contributed by atoms with Gasteiger partial charge in [-0.15, -0.1) is 5.10 Å². The number of rotatable bonds is 5. The summed E-state index contributed by atoms with van der Waals surface area (Å²) in [6.07, 6.45) is 1.44. The van der Waals surface area contributed by atoms with E-state index in [1.807, 2.05) is 0 Å². The SMILES string of the molecule is O=C1CSC(=NN=Cc2cc(Cl)ccc2OCc2ccc(F)c(F)c2)N1. The molecule has 1 aliphatic heterocycles. The number of ether oxygens (including phenoxy) is 1. The zero-order valence-corrected chi connectivity index (χ0v) is 14.8. The highest BCUT2D eigenvalue weighted by Gasteiger charge is 2.16. The van der Waals surface area contributed by atoms with Crippen molar-refractivity contribution in [3.8, 4) is 5.75 Å². The monoisotopic (exact) mass is 395 g/mol. The van der Waals surface area contributed by atoms with Crippen molar-refractivity contribution >= 4 is 40.7 Å². The van der Waals surface area contributed by atoms with E-state index in [0.29, 0.717) is 32.8 Å². The van der Waals surface area contributed by atoms with Crippen LogP contribution >= 0.6 is 23.4 Å². The zero-order valence-electron chi connectivity index (χ0n) is 13.2. The van der Waals surface area contributed by atoms with E-state index in [9.17, 15) is 13.6 Å². The fourth-order valence-electron chi connectivity index (χ4n) is 2.06. The van der Waals surface area contributed by atoms with Crippen LogP contribution in [-0.2, 0) is 11.4 Å². The lowest BCUT2D eigenvalue weighted by Crippen LogP contribution is -2.19. The lowest BCUT2D eigenvalue weighted by molar-refractivity contribution is -0.116. The molecule has 0 aromatic heterocycles. The first-order valence-electron chi connectivity index (χ1n) is 7.41. The van der Waals surface area contributed by atoms with E-state index in [2.05, 4.69) is 15.5 Å². The minimum atomic E-state index is -0.934. The van der Waals surface area contributed by atoms with Gasteiger partial charge in [0.25, 0.3) is 0 Å². The minimum Gasteiger partial charge on any atom is -0.488 e. The number of hydrogen-bond acceptors (Lipinski definition) is 5. The van der Waals surface area contributed by atoms with Gasteiger partial charge in [0, 0.05) is 10.6 Å². The molecule has 1 heterocycles. The highest BCUT2D eigenvalue weighted by atomic mass is 35.5. The van der Waals surface area contributed by atoms with E-state index in [1.165, 1.54) is 24.0 Å². The summed E-state index contributed by atoms with van der Waals surface area (Å²) in [5.74, 6) is -1.21. The first-order valence-corrected chi connectivity index (χ1v) is 8.77. The number of nitrogens with one attached hydrogen (secondary N) is 1. The smallest absolute Gasteiger partial charge is 0.236 e. The first-order chi connectivity index (χ1) is 12.5. The van der Waals surface area contributed by atoms with Crippen molar-refractivity contribution in [3.05, 3.63) is 64.2 Å². The maximum Gasteiger partial charge on any atom is 0.236 e. The van der Waals surface area contributed by atoms with Gasteiger partial charge in [0.1, 0.15) is 12.4 Å². The highest BCUT2D eigenvalue weighted by molar-refractivity contribution is 8.15. The molecule has 26 heavy (non-hydrogen) atoms. The Morgan fingerprint density at radius 2 is 2.08 bits per heavy atom. The van der Waals surface area contributed by atoms with Gasteiger partial charge in [-0.25, -0.2) is 8.78 Å². The summed E-state index contributed by atoms with van der Waals surface area (Å²) in [7, 11) is 0. The van der Waals surface area contributed by atoms with E-state index in [-0.39, 0.29) is 12.5 Å². The fraction of sp³-hybridized carbons (Fsp3) is 0.118. The van der Waals surface area contributed by atoms with Gasteiger partial charge < -0.3 is 10.1 Å². The number of benzene rings is 2. The standard InChI is InChI=1S/C17H12ClF2N3O2S/c18-12-2-4-15(25-8-10-1-3-13(19)14(20)5-10)11(6-12)7-21-23-17-22-16(24)9-26-17/h1-7H,8-9H2,(H,22,23,24). The van der Waals surface area contributed by atoms with Crippen LogP contribution in [0, 0.1) is 11.6 Å². The van der Waals surface area contributed by atoms with Crippen molar-refractivity contribution in [2.45, 2.75) is 6.61 Å². The third-order valence-corrected chi connectivity index (χ3v) is 4.38. The summed E-state index contributed by atoms with van der Waals surface area (Å²) in [5.41, 5.74) is 1.03. The van der Waals surface area contributed by atoms with Gasteiger partial charge >= 0.3 is 0 Å². The molecular weight excluding hydrogens is 384 g/mol. The summed E-state index contributed by atoms with van der Waals surface area (Å²) in [5, 5.41) is 11.3. The van der Waals surface area contributed by atoms with Crippen molar-refractivity contribution in [2.75, 3.05) is 5.75 Å². The average molecular weight is 396 g/mol. The molecule has 1 aliphatic rings. The van der Waals surface area contributed by atoms with Gasteiger partial charge in [0.05, 0.1) is 12.0 Å². The second-order valence-corrected chi connectivity index (χ2v) is 6.61. The second-order valence-electron chi connectivity index (χ2n) is 5.21. The van der Waals surface area contributed by atoms with Crippen molar-refractivity contribution in [1.82, 2.24) is 5.32 Å². The summed E-state index contributed by atoms with van der Waals surface area (Å²) in [6.45, 7) is 0.0418. The van der Waals surface area contributed by atoms with Crippen molar-refractivity contribution in [3.63, 3.8) is 0 Å². The van der Waals surface area contributed by atoms with Gasteiger partial charge in [0.2, 0.25) is 5.91 Å². The third kappa shape index (κ3) is 4.80. The molecule has 0 spiro atoms. The molecule has 1 fully saturated rings. The summed E-state index contributed by atoms with van der Waals surface area (Å²) < 4.78 is 31.9. The number of halogens is 3. The Labute approximate surface area is 157 Å². The van der Waals surface area contributed by atoms with Gasteiger partial charge in [0.15, 0.2) is 16.8 Å². The molecule has 1 saturated heterocycles. The van der Waals surface area contributed by atoms with E-state index in [4.69, 9.17) is 16.3 Å². The Kier molecular flexibility index (Phi) is 5.85. The van der Waals surface area contributed by atoms with E-state index in [1.54, 1.807) is 18.2 Å². The molecule has 0 bridgehead atoms. The first kappa shape index (κ1) is 18.3. The molecule has 0 aliphatic carbocycles. The normalized spacial score (nSPS) is 15.7. The molecule has 1 amide bonds. The predicted molar refractivity (Wildman–Crippen MR) is 97.8 cm³/mol. The van der Waals surface area contributed by atoms with Crippen LogP contribution in [0.25, 0.3) is 0 Å². The number of amidine groups is 1. The Hall–Kier alpha value is -2.45. The zero-order chi connectivity index (χ0) is 18.5. The Morgan fingerprint density at radius 1 is 1.23 bits per heavy atom. The van der Waals surface area contributed by atoms with Crippen LogP contribution in [0.15, 0.2) is 46.6 Å². The number of carbonyl (C=O) groups excluding carboxylic acids is 1. The van der Waals surface area contributed by atoms with Crippen LogP contribution in [0.5, 0.6) is 5.75 Å². The summed E-state index contributed by atoms with van der Waals surface area (Å²) in [4.78, 5) is 11.1. The average Bonchev–Trinajstić information content (AvgIpc) is 3.02. The van der Waals surface area contributed by atoms with Gasteiger partial charge in [-0.2, -0.15) is 5.10 Å². The molecule has 2 aromatic carbocycles. The van der Waals surface area contributed by atoms with E-state index in [0.717, 1.165) is 12.1 Å². The van der Waals surface area contributed by atoms with Gasteiger partial charge in [-0.1, -0.05) is 29.4 Å². The third-order valence-electron chi connectivity index (χ3n) is 3.28. The summed E-state index contributed by atoms with van der Waals surface area (Å²) >= 11 is 7.25. The van der Waals surface area contributed by atoms with Crippen molar-refractivity contribution in [1.29, 1.82) is 0 Å². The minimum absolute atomic E-state index is 0.0418. The van der Waals surface area contributed by atoms with E-state index < -0.39 is 11.6 Å². The van der Waals surface area contributed by atoms with Crippen molar-refractivity contribution in [2.24, 2.45) is 10.2 Å². The molecule has 1 N–H and O–H groups in total. The number of nitrogens with zero attached hydrogens (tertiary/aromatic N) is 2.